The number of aryl methyl sites for hydroxylation is 1. The monoisotopic (exact) mass is 337 g/mol. The summed E-state index contributed by atoms with van der Waals surface area (Å²) >= 11 is 0. The molecule has 1 amide bonds. The number of amides is 1. The minimum absolute atomic E-state index is 0.0432. The van der Waals surface area contributed by atoms with E-state index in [1.54, 1.807) is 12.1 Å². The maximum Gasteiger partial charge on any atom is 0.269 e. The van der Waals surface area contributed by atoms with Crippen LogP contribution >= 0.6 is 0 Å². The molecule has 0 aliphatic carbocycles. The lowest BCUT2D eigenvalue weighted by Crippen LogP contribution is -2.26. The zero-order chi connectivity index (χ0) is 17.8. The van der Waals surface area contributed by atoms with Crippen LogP contribution in [0.1, 0.15) is 30.5 Å². The first-order chi connectivity index (χ1) is 12.0. The van der Waals surface area contributed by atoms with Gasteiger partial charge in [0.15, 0.2) is 0 Å². The Bertz CT molecular complexity index is 900. The summed E-state index contributed by atoms with van der Waals surface area (Å²) in [7, 11) is 0. The summed E-state index contributed by atoms with van der Waals surface area (Å²) < 4.78 is 0. The van der Waals surface area contributed by atoms with Crippen molar-refractivity contribution < 1.29 is 9.72 Å². The van der Waals surface area contributed by atoms with Crippen molar-refractivity contribution in [1.29, 1.82) is 0 Å². The van der Waals surface area contributed by atoms with Gasteiger partial charge >= 0.3 is 0 Å². The summed E-state index contributed by atoms with van der Waals surface area (Å²) in [6.07, 6.45) is 2.99. The van der Waals surface area contributed by atoms with E-state index in [0.29, 0.717) is 12.8 Å². The summed E-state index contributed by atoms with van der Waals surface area (Å²) in [5.41, 5.74) is 3.07. The van der Waals surface area contributed by atoms with Gasteiger partial charge in [-0.25, -0.2) is 0 Å². The zero-order valence-corrected chi connectivity index (χ0v) is 13.9. The molecule has 1 heterocycles. The molecule has 0 radical (unpaired) electrons. The number of hydrogen-bond donors (Lipinski definition) is 2. The number of H-pyrrole nitrogens is 1. The first-order valence-electron chi connectivity index (χ1n) is 8.13. The molecule has 1 unspecified atom stereocenters. The predicted octanol–water partition coefficient (Wildman–Crippen LogP) is 3.89. The van der Waals surface area contributed by atoms with Gasteiger partial charge in [0.1, 0.15) is 0 Å². The molecule has 3 rings (SSSR count). The quantitative estimate of drug-likeness (QED) is 0.528. The molecule has 0 saturated carbocycles. The number of aromatic nitrogens is 1. The lowest BCUT2D eigenvalue weighted by Gasteiger charge is -2.14. The average molecular weight is 337 g/mol. The maximum absolute atomic E-state index is 12.2. The summed E-state index contributed by atoms with van der Waals surface area (Å²) in [4.78, 5) is 25.7. The predicted molar refractivity (Wildman–Crippen MR) is 96.3 cm³/mol. The highest BCUT2D eigenvalue weighted by Crippen LogP contribution is 2.20. The van der Waals surface area contributed by atoms with Crippen LogP contribution in [-0.2, 0) is 11.2 Å². The molecule has 6 nitrogen and oxygen atoms in total. The Morgan fingerprint density at radius 1 is 1.20 bits per heavy atom. The molecule has 1 atom stereocenters. The molecule has 128 valence electrons. The zero-order valence-electron chi connectivity index (χ0n) is 13.9. The van der Waals surface area contributed by atoms with Crippen molar-refractivity contribution in [3.8, 4) is 0 Å². The number of benzene rings is 2. The molecule has 0 aliphatic rings. The Morgan fingerprint density at radius 3 is 2.64 bits per heavy atom. The van der Waals surface area contributed by atoms with Crippen LogP contribution in [0.15, 0.2) is 54.7 Å². The Labute approximate surface area is 145 Å². The topological polar surface area (TPSA) is 88.0 Å². The van der Waals surface area contributed by atoms with Crippen molar-refractivity contribution in [3.63, 3.8) is 0 Å². The van der Waals surface area contributed by atoms with Crippen LogP contribution in [0.4, 0.5) is 5.69 Å². The third-order valence-corrected chi connectivity index (χ3v) is 4.28. The van der Waals surface area contributed by atoms with Gasteiger partial charge in [-0.2, -0.15) is 0 Å². The Balaban J connectivity index is 1.57. The Hall–Kier alpha value is -3.15. The number of nitrogens with one attached hydrogen (secondary N) is 2. The van der Waals surface area contributed by atoms with E-state index in [-0.39, 0.29) is 17.6 Å². The lowest BCUT2D eigenvalue weighted by atomic mass is 10.1. The van der Waals surface area contributed by atoms with Crippen molar-refractivity contribution in [2.24, 2.45) is 0 Å². The van der Waals surface area contributed by atoms with E-state index in [0.717, 1.165) is 22.0 Å². The molecular formula is C19H19N3O3. The van der Waals surface area contributed by atoms with Crippen LogP contribution in [0.2, 0.25) is 0 Å². The summed E-state index contributed by atoms with van der Waals surface area (Å²) in [5, 5.41) is 14.8. The second-order valence-corrected chi connectivity index (χ2v) is 6.00. The van der Waals surface area contributed by atoms with Crippen molar-refractivity contribution in [1.82, 2.24) is 10.3 Å². The molecule has 2 N–H and O–H groups in total. The van der Waals surface area contributed by atoms with Gasteiger partial charge in [0.25, 0.3) is 5.69 Å². The number of nitrogens with zero attached hydrogens (tertiary/aromatic N) is 1. The van der Waals surface area contributed by atoms with Crippen molar-refractivity contribution in [3.05, 3.63) is 76.0 Å². The highest BCUT2D eigenvalue weighted by atomic mass is 16.6. The van der Waals surface area contributed by atoms with E-state index < -0.39 is 4.92 Å². The molecule has 0 aliphatic heterocycles. The first kappa shape index (κ1) is 16.7. The molecule has 0 bridgehead atoms. The third kappa shape index (κ3) is 3.85. The molecule has 0 saturated heterocycles. The number of carbonyl (C=O) groups is 1. The number of hydrogen-bond acceptors (Lipinski definition) is 3. The largest absolute Gasteiger partial charge is 0.361 e. The van der Waals surface area contributed by atoms with Crippen LogP contribution in [0.3, 0.4) is 0 Å². The van der Waals surface area contributed by atoms with Crippen LogP contribution in [-0.4, -0.2) is 15.8 Å². The summed E-state index contributed by atoms with van der Waals surface area (Å²) in [6, 6.07) is 14.0. The molecule has 1 aromatic heterocycles. The first-order valence-corrected chi connectivity index (χ1v) is 8.13. The number of fused-ring (bicyclic) bond motifs is 1. The van der Waals surface area contributed by atoms with Gasteiger partial charge in [0.2, 0.25) is 5.91 Å². The summed E-state index contributed by atoms with van der Waals surface area (Å²) in [6.45, 7) is 1.87. The van der Waals surface area contributed by atoms with Gasteiger partial charge < -0.3 is 10.3 Å². The molecule has 0 spiro atoms. The number of carbonyl (C=O) groups excluding carboxylic acids is 1. The van der Waals surface area contributed by atoms with E-state index in [1.165, 1.54) is 12.1 Å². The normalized spacial score (nSPS) is 12.0. The van der Waals surface area contributed by atoms with E-state index in [9.17, 15) is 14.9 Å². The van der Waals surface area contributed by atoms with Gasteiger partial charge in [-0.3, -0.25) is 14.9 Å². The van der Waals surface area contributed by atoms with E-state index in [4.69, 9.17) is 0 Å². The van der Waals surface area contributed by atoms with Gasteiger partial charge in [-0.1, -0.05) is 30.3 Å². The van der Waals surface area contributed by atoms with Crippen LogP contribution in [0, 0.1) is 10.1 Å². The third-order valence-electron chi connectivity index (χ3n) is 4.28. The highest BCUT2D eigenvalue weighted by molar-refractivity contribution is 5.84. The molecule has 25 heavy (non-hydrogen) atoms. The van der Waals surface area contributed by atoms with E-state index in [1.807, 2.05) is 37.4 Å². The number of rotatable bonds is 6. The fraction of sp³-hybridized carbons (Fsp3) is 0.211. The second-order valence-electron chi connectivity index (χ2n) is 6.00. The number of para-hydroxylation sites is 1. The van der Waals surface area contributed by atoms with Gasteiger partial charge in [0.05, 0.1) is 11.0 Å². The lowest BCUT2D eigenvalue weighted by molar-refractivity contribution is -0.384. The minimum Gasteiger partial charge on any atom is -0.361 e. The number of non-ortho nitro benzene ring substituents is 1. The van der Waals surface area contributed by atoms with E-state index in [2.05, 4.69) is 10.3 Å². The standard InChI is InChI=1S/C19H19N3O3/c1-13(14-6-9-16(10-7-14)22(24)25)21-19(23)11-8-15-12-20-18-5-3-2-4-17(15)18/h2-7,9-10,12-13,20H,8,11H2,1H3,(H,21,23). The molecular weight excluding hydrogens is 318 g/mol. The second kappa shape index (κ2) is 7.17. The highest BCUT2D eigenvalue weighted by Gasteiger charge is 2.12. The van der Waals surface area contributed by atoms with Crippen molar-refractivity contribution >= 4 is 22.5 Å². The Morgan fingerprint density at radius 2 is 1.92 bits per heavy atom. The average Bonchev–Trinajstić information content (AvgIpc) is 3.03. The van der Waals surface area contributed by atoms with Gasteiger partial charge in [-0.15, -0.1) is 0 Å². The summed E-state index contributed by atoms with van der Waals surface area (Å²) in [5.74, 6) is -0.0452. The van der Waals surface area contributed by atoms with Gasteiger partial charge in [-0.05, 0) is 30.5 Å². The molecule has 3 aromatic rings. The van der Waals surface area contributed by atoms with E-state index >= 15 is 0 Å². The smallest absolute Gasteiger partial charge is 0.269 e. The number of nitro groups is 1. The van der Waals surface area contributed by atoms with Crippen LogP contribution < -0.4 is 5.32 Å². The SMILES string of the molecule is CC(NC(=O)CCc1c[nH]c2ccccc12)c1ccc([N+](=O)[O-])cc1. The fourth-order valence-corrected chi connectivity index (χ4v) is 2.87. The van der Waals surface area contributed by atoms with Crippen LogP contribution in [0.25, 0.3) is 10.9 Å². The Kier molecular flexibility index (Phi) is 4.79. The van der Waals surface area contributed by atoms with Crippen molar-refractivity contribution in [2.45, 2.75) is 25.8 Å². The van der Waals surface area contributed by atoms with Gasteiger partial charge in [0, 0.05) is 35.7 Å². The maximum atomic E-state index is 12.2. The fourth-order valence-electron chi connectivity index (χ4n) is 2.87. The molecule has 0 fully saturated rings. The van der Waals surface area contributed by atoms with Crippen LogP contribution in [0.5, 0.6) is 0 Å². The number of nitro benzene ring substituents is 1. The number of aromatic amines is 1. The van der Waals surface area contributed by atoms with Crippen molar-refractivity contribution in [2.75, 3.05) is 0 Å². The molecule has 6 heteroatoms. The minimum atomic E-state index is -0.436. The molecule has 2 aromatic carbocycles.